The zero-order valence-corrected chi connectivity index (χ0v) is 13.8. The first-order chi connectivity index (χ1) is 12.7. The van der Waals surface area contributed by atoms with Crippen LogP contribution in [0.4, 0.5) is 5.69 Å². The van der Waals surface area contributed by atoms with Crippen molar-refractivity contribution in [1.29, 1.82) is 0 Å². The topological polar surface area (TPSA) is 63.5 Å². The van der Waals surface area contributed by atoms with Gasteiger partial charge in [-0.25, -0.2) is 4.98 Å². The molecule has 0 bridgehead atoms. The minimum absolute atomic E-state index is 0.169. The second-order valence-corrected chi connectivity index (χ2v) is 5.86. The number of rotatable bonds is 3. The van der Waals surface area contributed by atoms with Crippen LogP contribution in [-0.4, -0.2) is 15.3 Å². The molecular formula is C21H15N3O2. The van der Waals surface area contributed by atoms with Crippen molar-refractivity contribution in [3.05, 3.63) is 94.9 Å². The van der Waals surface area contributed by atoms with E-state index in [9.17, 15) is 9.59 Å². The van der Waals surface area contributed by atoms with Gasteiger partial charge < -0.3 is 5.32 Å². The van der Waals surface area contributed by atoms with Crippen LogP contribution in [0.3, 0.4) is 0 Å². The maximum absolute atomic E-state index is 12.7. The highest BCUT2D eigenvalue weighted by atomic mass is 16.1. The van der Waals surface area contributed by atoms with Gasteiger partial charge in [-0.15, -0.1) is 0 Å². The average molecular weight is 341 g/mol. The molecule has 0 saturated heterocycles. The molecule has 126 valence electrons. The van der Waals surface area contributed by atoms with E-state index in [4.69, 9.17) is 0 Å². The third-order valence-corrected chi connectivity index (χ3v) is 4.19. The summed E-state index contributed by atoms with van der Waals surface area (Å²) in [7, 11) is 0. The van der Waals surface area contributed by atoms with Crippen molar-refractivity contribution in [3.8, 4) is 0 Å². The van der Waals surface area contributed by atoms with Crippen LogP contribution in [0, 0.1) is 0 Å². The Labute approximate surface area is 149 Å². The van der Waals surface area contributed by atoms with Gasteiger partial charge in [0.25, 0.3) is 11.5 Å². The van der Waals surface area contributed by atoms with E-state index >= 15 is 0 Å². The number of fused-ring (bicyclic) bond motifs is 2. The summed E-state index contributed by atoms with van der Waals surface area (Å²) in [4.78, 5) is 29.6. The molecule has 1 amide bonds. The minimum atomic E-state index is -0.242. The Kier molecular flexibility index (Phi) is 3.82. The van der Waals surface area contributed by atoms with Crippen molar-refractivity contribution in [2.45, 2.75) is 0 Å². The van der Waals surface area contributed by atoms with Gasteiger partial charge in [-0.2, -0.15) is 0 Å². The van der Waals surface area contributed by atoms with Crippen molar-refractivity contribution >= 4 is 34.2 Å². The van der Waals surface area contributed by atoms with E-state index in [0.717, 1.165) is 5.56 Å². The molecule has 0 unspecified atom stereocenters. The van der Waals surface area contributed by atoms with Gasteiger partial charge >= 0.3 is 0 Å². The lowest BCUT2D eigenvalue weighted by Crippen LogP contribution is -2.16. The molecule has 0 spiro atoms. The van der Waals surface area contributed by atoms with Gasteiger partial charge in [-0.3, -0.25) is 14.0 Å². The van der Waals surface area contributed by atoms with Crippen LogP contribution in [0.1, 0.15) is 15.9 Å². The SMILES string of the molecule is C=Cc1ccc(C(=O)Nc2ccc3nc4ccccn4c(=O)c3c2)cc1. The van der Waals surface area contributed by atoms with Crippen molar-refractivity contribution in [3.63, 3.8) is 0 Å². The lowest BCUT2D eigenvalue weighted by atomic mass is 10.1. The molecule has 5 nitrogen and oxygen atoms in total. The Morgan fingerprint density at radius 3 is 2.65 bits per heavy atom. The van der Waals surface area contributed by atoms with Crippen LogP contribution in [0.2, 0.25) is 0 Å². The number of nitrogens with one attached hydrogen (secondary N) is 1. The fourth-order valence-electron chi connectivity index (χ4n) is 2.81. The first-order valence-corrected chi connectivity index (χ1v) is 8.11. The van der Waals surface area contributed by atoms with Crippen molar-refractivity contribution in [2.24, 2.45) is 0 Å². The molecule has 1 N–H and O–H groups in total. The summed E-state index contributed by atoms with van der Waals surface area (Å²) in [5.74, 6) is -0.242. The number of aromatic nitrogens is 2. The number of carbonyl (C=O) groups is 1. The first kappa shape index (κ1) is 15.8. The molecule has 0 saturated carbocycles. The summed E-state index contributed by atoms with van der Waals surface area (Å²) >= 11 is 0. The number of pyridine rings is 1. The van der Waals surface area contributed by atoms with E-state index in [-0.39, 0.29) is 11.5 Å². The maximum atomic E-state index is 12.7. The van der Waals surface area contributed by atoms with Crippen LogP contribution in [0.25, 0.3) is 22.6 Å². The molecule has 0 radical (unpaired) electrons. The fraction of sp³-hybridized carbons (Fsp3) is 0. The molecule has 0 aliphatic carbocycles. The van der Waals surface area contributed by atoms with Gasteiger partial charge in [0.2, 0.25) is 0 Å². The zero-order chi connectivity index (χ0) is 18.1. The highest BCUT2D eigenvalue weighted by Crippen LogP contribution is 2.17. The number of anilines is 1. The van der Waals surface area contributed by atoms with Crippen LogP contribution >= 0.6 is 0 Å². The number of amides is 1. The molecule has 4 rings (SSSR count). The van der Waals surface area contributed by atoms with Gasteiger partial charge in [0.15, 0.2) is 0 Å². The van der Waals surface area contributed by atoms with Crippen LogP contribution in [0.5, 0.6) is 0 Å². The van der Waals surface area contributed by atoms with E-state index in [1.54, 1.807) is 54.7 Å². The van der Waals surface area contributed by atoms with Gasteiger partial charge in [-0.05, 0) is 48.0 Å². The predicted octanol–water partition coefficient (Wildman–Crippen LogP) is 3.74. The maximum Gasteiger partial charge on any atom is 0.265 e. The lowest BCUT2D eigenvalue weighted by molar-refractivity contribution is 0.102. The smallest absolute Gasteiger partial charge is 0.265 e. The van der Waals surface area contributed by atoms with E-state index in [0.29, 0.717) is 27.8 Å². The molecular weight excluding hydrogens is 326 g/mol. The summed E-state index contributed by atoms with van der Waals surface area (Å²) in [5.41, 5.74) is 3.03. The fourth-order valence-corrected chi connectivity index (χ4v) is 2.81. The monoisotopic (exact) mass is 341 g/mol. The molecule has 0 aliphatic rings. The molecule has 4 aromatic rings. The van der Waals surface area contributed by atoms with Gasteiger partial charge in [0.05, 0.1) is 10.9 Å². The largest absolute Gasteiger partial charge is 0.322 e. The van der Waals surface area contributed by atoms with E-state index in [2.05, 4.69) is 16.9 Å². The Balaban J connectivity index is 1.71. The van der Waals surface area contributed by atoms with Crippen LogP contribution < -0.4 is 10.9 Å². The summed E-state index contributed by atoms with van der Waals surface area (Å²) in [6, 6.07) is 17.6. The molecule has 0 aliphatic heterocycles. The normalized spacial score (nSPS) is 10.8. The second-order valence-electron chi connectivity index (χ2n) is 5.86. The summed E-state index contributed by atoms with van der Waals surface area (Å²) < 4.78 is 1.49. The minimum Gasteiger partial charge on any atom is -0.322 e. The third kappa shape index (κ3) is 2.75. The Hall–Kier alpha value is -3.73. The Morgan fingerprint density at radius 2 is 1.88 bits per heavy atom. The number of carbonyl (C=O) groups excluding carboxylic acids is 1. The summed E-state index contributed by atoms with van der Waals surface area (Å²) in [6.45, 7) is 3.69. The summed E-state index contributed by atoms with van der Waals surface area (Å²) in [5, 5.41) is 3.27. The Morgan fingerprint density at radius 1 is 1.08 bits per heavy atom. The van der Waals surface area contributed by atoms with E-state index in [1.165, 1.54) is 4.40 Å². The van der Waals surface area contributed by atoms with Gasteiger partial charge in [-0.1, -0.05) is 30.9 Å². The highest BCUT2D eigenvalue weighted by molar-refractivity contribution is 6.05. The zero-order valence-electron chi connectivity index (χ0n) is 13.8. The standard InChI is InChI=1S/C21H15N3O2/c1-2-14-6-8-15(9-7-14)20(25)22-16-10-11-18-17(13-16)21(26)24-12-4-3-5-19(24)23-18/h2-13H,1H2,(H,22,25). The lowest BCUT2D eigenvalue weighted by Gasteiger charge is -2.08. The first-order valence-electron chi connectivity index (χ1n) is 8.11. The molecule has 26 heavy (non-hydrogen) atoms. The Bertz CT molecular complexity index is 1210. The van der Waals surface area contributed by atoms with Crippen LogP contribution in [0.15, 0.2) is 78.2 Å². The van der Waals surface area contributed by atoms with Crippen LogP contribution in [-0.2, 0) is 0 Å². The van der Waals surface area contributed by atoms with E-state index in [1.807, 2.05) is 18.2 Å². The molecule has 5 heteroatoms. The summed E-state index contributed by atoms with van der Waals surface area (Å²) in [6.07, 6.45) is 3.40. The number of nitrogens with zero attached hydrogens (tertiary/aromatic N) is 2. The molecule has 0 fully saturated rings. The second kappa shape index (κ2) is 6.29. The quantitative estimate of drug-likeness (QED) is 0.577. The van der Waals surface area contributed by atoms with Crippen molar-refractivity contribution < 1.29 is 4.79 Å². The van der Waals surface area contributed by atoms with Crippen molar-refractivity contribution in [2.75, 3.05) is 5.32 Å². The molecule has 2 aromatic carbocycles. The van der Waals surface area contributed by atoms with Crippen molar-refractivity contribution in [1.82, 2.24) is 9.38 Å². The third-order valence-electron chi connectivity index (χ3n) is 4.19. The average Bonchev–Trinajstić information content (AvgIpc) is 2.69. The van der Waals surface area contributed by atoms with Gasteiger partial charge in [0, 0.05) is 17.4 Å². The number of hydrogen-bond acceptors (Lipinski definition) is 3. The van der Waals surface area contributed by atoms with Gasteiger partial charge in [0.1, 0.15) is 5.65 Å². The number of hydrogen-bond donors (Lipinski definition) is 1. The molecule has 0 atom stereocenters. The van der Waals surface area contributed by atoms with E-state index < -0.39 is 0 Å². The highest BCUT2D eigenvalue weighted by Gasteiger charge is 2.09. The number of benzene rings is 2. The predicted molar refractivity (Wildman–Crippen MR) is 103 cm³/mol. The molecule has 2 heterocycles. The molecule has 2 aromatic heterocycles.